The fourth-order valence-corrected chi connectivity index (χ4v) is 2.35. The number of benzene rings is 1. The summed E-state index contributed by atoms with van der Waals surface area (Å²) in [5.41, 5.74) is 1.42. The van der Waals surface area contributed by atoms with Gasteiger partial charge in [0.25, 0.3) is 0 Å². The highest BCUT2D eigenvalue weighted by atomic mass is 16.4. The molecule has 1 aromatic carbocycles. The van der Waals surface area contributed by atoms with Gasteiger partial charge in [0.15, 0.2) is 0 Å². The van der Waals surface area contributed by atoms with E-state index >= 15 is 0 Å². The van der Waals surface area contributed by atoms with Gasteiger partial charge in [0.2, 0.25) is 0 Å². The number of carbonyl (C=O) groups excluding carboxylic acids is 1. The number of nitrogens with one attached hydrogen (secondary N) is 1. The second-order valence-electron chi connectivity index (χ2n) is 6.24. The summed E-state index contributed by atoms with van der Waals surface area (Å²) < 4.78 is 0. The van der Waals surface area contributed by atoms with E-state index in [1.165, 1.54) is 4.90 Å². The number of aliphatic carboxylic acids is 1. The lowest BCUT2D eigenvalue weighted by molar-refractivity contribution is -0.138. The summed E-state index contributed by atoms with van der Waals surface area (Å²) in [4.78, 5) is 25.2. The molecule has 1 atom stereocenters. The Morgan fingerprint density at radius 3 is 2.67 bits per heavy atom. The Kier molecular flexibility index (Phi) is 4.21. The number of anilines is 1. The van der Waals surface area contributed by atoms with E-state index in [2.05, 4.69) is 26.1 Å². The van der Waals surface area contributed by atoms with Crippen molar-refractivity contribution in [1.82, 2.24) is 5.32 Å². The molecular weight excluding hydrogens is 268 g/mol. The Morgan fingerprint density at radius 1 is 1.38 bits per heavy atom. The van der Waals surface area contributed by atoms with Gasteiger partial charge in [-0.25, -0.2) is 4.79 Å². The molecule has 2 rings (SSSR count). The molecule has 1 heterocycles. The average molecular weight is 290 g/mol. The number of carboxylic acid groups (broad SMARTS) is 1. The number of para-hydroxylation sites is 1. The molecule has 2 N–H and O–H groups in total. The second kappa shape index (κ2) is 5.76. The molecule has 0 bridgehead atoms. The topological polar surface area (TPSA) is 69.6 Å². The summed E-state index contributed by atoms with van der Waals surface area (Å²) in [5, 5.41) is 12.2. The van der Waals surface area contributed by atoms with Crippen LogP contribution in [0, 0.1) is 5.41 Å². The number of carbonyl (C=O) groups is 2. The van der Waals surface area contributed by atoms with Crippen LogP contribution in [-0.2, 0) is 4.79 Å². The Labute approximate surface area is 125 Å². The minimum Gasteiger partial charge on any atom is -0.481 e. The molecule has 0 fully saturated rings. The summed E-state index contributed by atoms with van der Waals surface area (Å²) in [6.45, 7) is 7.01. The van der Waals surface area contributed by atoms with Crippen molar-refractivity contribution in [2.45, 2.75) is 33.1 Å². The fraction of sp³-hybridized carbons (Fsp3) is 0.500. The number of urea groups is 1. The van der Waals surface area contributed by atoms with Crippen molar-refractivity contribution in [1.29, 1.82) is 0 Å². The van der Waals surface area contributed by atoms with Gasteiger partial charge in [0, 0.05) is 18.8 Å². The summed E-state index contributed by atoms with van der Waals surface area (Å²) in [7, 11) is 0. The summed E-state index contributed by atoms with van der Waals surface area (Å²) in [6.07, 6.45) is 0.960. The Morgan fingerprint density at radius 2 is 2.05 bits per heavy atom. The Hall–Kier alpha value is -2.04. The standard InChI is InChI=1S/C16H22N2O3/c1-4-16(2,3)10-17-15(21)18-9-12(14(19)20)11-7-5-6-8-13(11)18/h5-8,12H,4,9-10H2,1-3H3,(H,17,21)(H,19,20). The number of amides is 2. The molecule has 0 aromatic heterocycles. The van der Waals surface area contributed by atoms with Gasteiger partial charge in [-0.3, -0.25) is 9.69 Å². The fourth-order valence-electron chi connectivity index (χ4n) is 2.35. The number of fused-ring (bicyclic) bond motifs is 1. The van der Waals surface area contributed by atoms with Gasteiger partial charge in [-0.05, 0) is 23.5 Å². The summed E-state index contributed by atoms with van der Waals surface area (Å²) >= 11 is 0. The van der Waals surface area contributed by atoms with Gasteiger partial charge in [-0.1, -0.05) is 39.0 Å². The number of hydrogen-bond acceptors (Lipinski definition) is 2. The third kappa shape index (κ3) is 3.17. The van der Waals surface area contributed by atoms with Crippen LogP contribution in [0.3, 0.4) is 0 Å². The molecule has 1 aliphatic heterocycles. The highest BCUT2D eigenvalue weighted by Gasteiger charge is 2.36. The molecule has 1 unspecified atom stereocenters. The van der Waals surface area contributed by atoms with E-state index in [0.717, 1.165) is 6.42 Å². The zero-order chi connectivity index (χ0) is 15.6. The first kappa shape index (κ1) is 15.4. The SMILES string of the molecule is CCC(C)(C)CNC(=O)N1CC(C(=O)O)c2ccccc21. The molecule has 114 valence electrons. The molecule has 1 aliphatic rings. The number of hydrogen-bond donors (Lipinski definition) is 2. The van der Waals surface area contributed by atoms with Crippen LogP contribution in [-0.4, -0.2) is 30.2 Å². The van der Waals surface area contributed by atoms with Gasteiger partial charge in [-0.2, -0.15) is 0 Å². The van der Waals surface area contributed by atoms with Crippen molar-refractivity contribution in [2.24, 2.45) is 5.41 Å². The van der Waals surface area contributed by atoms with Crippen LogP contribution in [0.2, 0.25) is 0 Å². The minimum atomic E-state index is -0.897. The predicted octanol–water partition coefficient (Wildman–Crippen LogP) is 2.82. The van der Waals surface area contributed by atoms with Gasteiger partial charge in [0.05, 0.1) is 0 Å². The van der Waals surface area contributed by atoms with Crippen molar-refractivity contribution < 1.29 is 14.7 Å². The van der Waals surface area contributed by atoms with E-state index in [1.54, 1.807) is 18.2 Å². The maximum Gasteiger partial charge on any atom is 0.321 e. The molecule has 21 heavy (non-hydrogen) atoms. The van der Waals surface area contributed by atoms with Crippen molar-refractivity contribution in [3.8, 4) is 0 Å². The third-order valence-corrected chi connectivity index (χ3v) is 4.19. The average Bonchev–Trinajstić information content (AvgIpc) is 2.85. The largest absolute Gasteiger partial charge is 0.481 e. The lowest BCUT2D eigenvalue weighted by atomic mass is 9.90. The molecule has 5 heteroatoms. The highest BCUT2D eigenvalue weighted by molar-refractivity contribution is 5.98. The Bertz CT molecular complexity index is 554. The van der Waals surface area contributed by atoms with Crippen molar-refractivity contribution in [2.75, 3.05) is 18.0 Å². The van der Waals surface area contributed by atoms with E-state index in [9.17, 15) is 14.7 Å². The molecule has 0 aliphatic carbocycles. The smallest absolute Gasteiger partial charge is 0.321 e. The van der Waals surface area contributed by atoms with E-state index in [4.69, 9.17) is 0 Å². The van der Waals surface area contributed by atoms with Crippen LogP contribution >= 0.6 is 0 Å². The van der Waals surface area contributed by atoms with Crippen molar-refractivity contribution in [3.05, 3.63) is 29.8 Å². The van der Waals surface area contributed by atoms with Crippen LogP contribution in [0.4, 0.5) is 10.5 Å². The van der Waals surface area contributed by atoms with Crippen molar-refractivity contribution in [3.63, 3.8) is 0 Å². The van der Waals surface area contributed by atoms with Gasteiger partial charge in [0.1, 0.15) is 5.92 Å². The summed E-state index contributed by atoms with van der Waals surface area (Å²) in [6, 6.07) is 6.96. The van der Waals surface area contributed by atoms with Crippen LogP contribution < -0.4 is 10.2 Å². The molecular formula is C16H22N2O3. The highest BCUT2D eigenvalue weighted by Crippen LogP contribution is 2.36. The molecule has 0 radical (unpaired) electrons. The van der Waals surface area contributed by atoms with Gasteiger partial charge >= 0.3 is 12.0 Å². The van der Waals surface area contributed by atoms with Crippen LogP contribution in [0.1, 0.15) is 38.7 Å². The summed E-state index contributed by atoms with van der Waals surface area (Å²) in [5.74, 6) is -1.54. The van der Waals surface area contributed by atoms with E-state index in [0.29, 0.717) is 17.8 Å². The predicted molar refractivity (Wildman–Crippen MR) is 81.6 cm³/mol. The van der Waals surface area contributed by atoms with E-state index in [1.807, 2.05) is 6.07 Å². The zero-order valence-corrected chi connectivity index (χ0v) is 12.7. The first-order chi connectivity index (χ1) is 9.85. The molecule has 0 spiro atoms. The molecule has 0 saturated heterocycles. The number of nitrogens with zero attached hydrogens (tertiary/aromatic N) is 1. The zero-order valence-electron chi connectivity index (χ0n) is 12.7. The van der Waals surface area contributed by atoms with Crippen LogP contribution in [0.25, 0.3) is 0 Å². The maximum absolute atomic E-state index is 12.4. The Balaban J connectivity index is 2.15. The lowest BCUT2D eigenvalue weighted by Crippen LogP contribution is -2.43. The monoisotopic (exact) mass is 290 g/mol. The molecule has 1 aromatic rings. The number of carboxylic acids is 1. The van der Waals surface area contributed by atoms with Crippen molar-refractivity contribution >= 4 is 17.7 Å². The van der Waals surface area contributed by atoms with E-state index in [-0.39, 0.29) is 18.0 Å². The second-order valence-corrected chi connectivity index (χ2v) is 6.24. The normalized spacial score (nSPS) is 17.5. The molecule has 5 nitrogen and oxygen atoms in total. The first-order valence-corrected chi connectivity index (χ1v) is 7.23. The van der Waals surface area contributed by atoms with Gasteiger partial charge in [-0.15, -0.1) is 0 Å². The minimum absolute atomic E-state index is 0.0289. The number of rotatable bonds is 4. The van der Waals surface area contributed by atoms with Crippen LogP contribution in [0.15, 0.2) is 24.3 Å². The maximum atomic E-state index is 12.4. The third-order valence-electron chi connectivity index (χ3n) is 4.19. The molecule has 2 amide bonds. The van der Waals surface area contributed by atoms with Crippen LogP contribution in [0.5, 0.6) is 0 Å². The quantitative estimate of drug-likeness (QED) is 0.896. The lowest BCUT2D eigenvalue weighted by Gasteiger charge is -2.25. The van der Waals surface area contributed by atoms with E-state index < -0.39 is 11.9 Å². The first-order valence-electron chi connectivity index (χ1n) is 7.23. The van der Waals surface area contributed by atoms with Gasteiger partial charge < -0.3 is 10.4 Å². The molecule has 0 saturated carbocycles.